The number of ether oxygens (including phenoxy) is 2. The molecule has 5 nitrogen and oxygen atoms in total. The van der Waals surface area contributed by atoms with Crippen LogP contribution < -0.4 is 11.1 Å². The Hall–Kier alpha value is -0.650. The Morgan fingerprint density at radius 1 is 1.43 bits per heavy atom. The molecule has 0 spiro atoms. The quantitative estimate of drug-likeness (QED) is 0.523. The molecule has 0 aliphatic rings. The molecule has 5 heteroatoms. The zero-order chi connectivity index (χ0) is 11.0. The molecule has 0 aromatic rings. The number of nitrogens with one attached hydrogen (secondary N) is 1. The average Bonchev–Trinajstić information content (AvgIpc) is 2.10. The summed E-state index contributed by atoms with van der Waals surface area (Å²) in [5, 5.41) is 2.76. The van der Waals surface area contributed by atoms with Gasteiger partial charge in [0.2, 0.25) is 5.91 Å². The number of likely N-dealkylation sites (N-methyl/N-ethyl adjacent to an activating group) is 1. The molecule has 3 N–H and O–H groups in total. The van der Waals surface area contributed by atoms with E-state index in [1.165, 1.54) is 0 Å². The molecule has 1 amide bonds. The number of hydrogen-bond acceptors (Lipinski definition) is 4. The predicted octanol–water partition coefficient (Wildman–Crippen LogP) is -0.499. The summed E-state index contributed by atoms with van der Waals surface area (Å²) >= 11 is 0. The van der Waals surface area contributed by atoms with Crippen molar-refractivity contribution in [3.05, 3.63) is 0 Å². The molecular weight excluding hydrogens is 184 g/mol. The van der Waals surface area contributed by atoms with Gasteiger partial charge in [-0.15, -0.1) is 0 Å². The van der Waals surface area contributed by atoms with Crippen LogP contribution in [0.4, 0.5) is 0 Å². The maximum Gasteiger partial charge on any atom is 0.236 e. The molecule has 0 saturated carbocycles. The maximum absolute atomic E-state index is 10.8. The summed E-state index contributed by atoms with van der Waals surface area (Å²) in [5.41, 5.74) is 5.10. The molecule has 14 heavy (non-hydrogen) atoms. The van der Waals surface area contributed by atoms with Crippen molar-refractivity contribution < 1.29 is 14.3 Å². The van der Waals surface area contributed by atoms with Gasteiger partial charge < -0.3 is 20.5 Å². The van der Waals surface area contributed by atoms with Crippen LogP contribution >= 0.6 is 0 Å². The molecular formula is C9H20N2O3. The predicted molar refractivity (Wildman–Crippen MR) is 53.9 cm³/mol. The third kappa shape index (κ3) is 6.82. The van der Waals surface area contributed by atoms with Gasteiger partial charge in [-0.05, 0) is 20.9 Å². The summed E-state index contributed by atoms with van der Waals surface area (Å²) in [5.74, 6) is -0.405. The van der Waals surface area contributed by atoms with E-state index in [4.69, 9.17) is 15.2 Å². The van der Waals surface area contributed by atoms with Gasteiger partial charge in [-0.25, -0.2) is 0 Å². The van der Waals surface area contributed by atoms with Crippen molar-refractivity contribution in [2.24, 2.45) is 5.73 Å². The molecule has 0 aromatic heterocycles. The van der Waals surface area contributed by atoms with E-state index in [0.717, 1.165) is 0 Å². The van der Waals surface area contributed by atoms with Gasteiger partial charge in [-0.1, -0.05) is 0 Å². The highest BCUT2D eigenvalue weighted by Crippen LogP contribution is 1.89. The Bertz CT molecular complexity index is 162. The van der Waals surface area contributed by atoms with E-state index >= 15 is 0 Å². The van der Waals surface area contributed by atoms with Gasteiger partial charge in [0.1, 0.15) is 6.04 Å². The number of nitrogens with two attached hydrogens (primary N) is 1. The van der Waals surface area contributed by atoms with E-state index in [2.05, 4.69) is 5.32 Å². The normalized spacial score (nSPS) is 13.1. The zero-order valence-corrected chi connectivity index (χ0v) is 9.08. The number of primary amides is 1. The Labute approximate surface area is 84.9 Å². The SMILES string of the molecule is CNC(COCCOC(C)C)C(N)=O. The monoisotopic (exact) mass is 204 g/mol. The van der Waals surface area contributed by atoms with Crippen LogP contribution in [-0.4, -0.2) is 44.9 Å². The molecule has 0 fully saturated rings. The lowest BCUT2D eigenvalue weighted by atomic mass is 10.3. The van der Waals surface area contributed by atoms with Gasteiger partial charge in [0.15, 0.2) is 0 Å². The molecule has 0 radical (unpaired) electrons. The van der Waals surface area contributed by atoms with Crippen LogP contribution in [0.25, 0.3) is 0 Å². The summed E-state index contributed by atoms with van der Waals surface area (Å²) in [6, 6.07) is -0.422. The summed E-state index contributed by atoms with van der Waals surface area (Å²) in [6.45, 7) is 5.21. The van der Waals surface area contributed by atoms with Gasteiger partial charge in [0, 0.05) is 0 Å². The van der Waals surface area contributed by atoms with Crippen LogP contribution in [0.15, 0.2) is 0 Å². The second kappa shape index (κ2) is 7.73. The van der Waals surface area contributed by atoms with Crippen molar-refractivity contribution >= 4 is 5.91 Å². The van der Waals surface area contributed by atoms with Crippen LogP contribution in [-0.2, 0) is 14.3 Å². The first-order valence-electron chi connectivity index (χ1n) is 4.73. The van der Waals surface area contributed by atoms with Crippen molar-refractivity contribution in [3.8, 4) is 0 Å². The third-order valence-corrected chi connectivity index (χ3v) is 1.66. The molecule has 0 heterocycles. The second-order valence-corrected chi connectivity index (χ2v) is 3.24. The van der Waals surface area contributed by atoms with E-state index < -0.39 is 11.9 Å². The van der Waals surface area contributed by atoms with Crippen molar-refractivity contribution in [1.29, 1.82) is 0 Å². The fourth-order valence-electron chi connectivity index (χ4n) is 0.852. The Balaban J connectivity index is 3.38. The molecule has 0 bridgehead atoms. The van der Waals surface area contributed by atoms with Gasteiger partial charge in [-0.3, -0.25) is 4.79 Å². The maximum atomic E-state index is 10.8. The topological polar surface area (TPSA) is 73.6 Å². The van der Waals surface area contributed by atoms with E-state index in [9.17, 15) is 4.79 Å². The highest BCUT2D eigenvalue weighted by molar-refractivity contribution is 5.79. The molecule has 1 atom stereocenters. The smallest absolute Gasteiger partial charge is 0.236 e. The zero-order valence-electron chi connectivity index (χ0n) is 9.08. The number of carbonyl (C=O) groups excluding carboxylic acids is 1. The molecule has 0 aliphatic heterocycles. The van der Waals surface area contributed by atoms with E-state index in [-0.39, 0.29) is 12.7 Å². The number of amides is 1. The van der Waals surface area contributed by atoms with Crippen LogP contribution in [0.1, 0.15) is 13.8 Å². The third-order valence-electron chi connectivity index (χ3n) is 1.66. The highest BCUT2D eigenvalue weighted by Gasteiger charge is 2.11. The molecule has 0 rings (SSSR count). The first-order chi connectivity index (χ1) is 6.57. The van der Waals surface area contributed by atoms with Crippen LogP contribution in [0.3, 0.4) is 0 Å². The number of hydrogen-bond donors (Lipinski definition) is 2. The number of carbonyl (C=O) groups is 1. The molecule has 0 aromatic carbocycles. The van der Waals surface area contributed by atoms with E-state index in [1.54, 1.807) is 7.05 Å². The standard InChI is InChI=1S/C9H20N2O3/c1-7(2)14-5-4-13-6-8(11-3)9(10)12/h7-8,11H,4-6H2,1-3H3,(H2,10,12). The Morgan fingerprint density at radius 2 is 2.07 bits per heavy atom. The van der Waals surface area contributed by atoms with Crippen molar-refractivity contribution in [3.63, 3.8) is 0 Å². The summed E-state index contributed by atoms with van der Waals surface area (Å²) in [7, 11) is 1.67. The summed E-state index contributed by atoms with van der Waals surface area (Å²) in [4.78, 5) is 10.8. The molecule has 0 aliphatic carbocycles. The van der Waals surface area contributed by atoms with Gasteiger partial charge in [0.05, 0.1) is 25.9 Å². The summed E-state index contributed by atoms with van der Waals surface area (Å²) < 4.78 is 10.5. The lowest BCUT2D eigenvalue weighted by Gasteiger charge is -2.13. The van der Waals surface area contributed by atoms with E-state index in [1.807, 2.05) is 13.8 Å². The summed E-state index contributed by atoms with van der Waals surface area (Å²) in [6.07, 6.45) is 0.204. The molecule has 1 unspecified atom stereocenters. The Morgan fingerprint density at radius 3 is 2.50 bits per heavy atom. The fourth-order valence-corrected chi connectivity index (χ4v) is 0.852. The number of rotatable bonds is 8. The molecule has 0 saturated heterocycles. The first-order valence-corrected chi connectivity index (χ1v) is 4.73. The molecule has 84 valence electrons. The van der Waals surface area contributed by atoms with Gasteiger partial charge in [0.25, 0.3) is 0 Å². The Kier molecular flexibility index (Phi) is 7.37. The lowest BCUT2D eigenvalue weighted by molar-refractivity contribution is -0.121. The average molecular weight is 204 g/mol. The lowest BCUT2D eigenvalue weighted by Crippen LogP contribution is -2.42. The van der Waals surface area contributed by atoms with E-state index in [0.29, 0.717) is 13.2 Å². The van der Waals surface area contributed by atoms with Crippen LogP contribution in [0, 0.1) is 0 Å². The largest absolute Gasteiger partial charge is 0.377 e. The van der Waals surface area contributed by atoms with Crippen LogP contribution in [0.2, 0.25) is 0 Å². The van der Waals surface area contributed by atoms with Gasteiger partial charge in [-0.2, -0.15) is 0 Å². The van der Waals surface area contributed by atoms with Crippen LogP contribution in [0.5, 0.6) is 0 Å². The van der Waals surface area contributed by atoms with Crippen molar-refractivity contribution in [2.45, 2.75) is 26.0 Å². The fraction of sp³-hybridized carbons (Fsp3) is 0.889. The minimum Gasteiger partial charge on any atom is -0.377 e. The van der Waals surface area contributed by atoms with Gasteiger partial charge >= 0.3 is 0 Å². The second-order valence-electron chi connectivity index (χ2n) is 3.24. The minimum atomic E-state index is -0.422. The highest BCUT2D eigenvalue weighted by atomic mass is 16.5. The van der Waals surface area contributed by atoms with Crippen molar-refractivity contribution in [1.82, 2.24) is 5.32 Å². The minimum absolute atomic E-state index is 0.204. The first kappa shape index (κ1) is 13.4. The van der Waals surface area contributed by atoms with Crippen molar-refractivity contribution in [2.75, 3.05) is 26.9 Å².